The van der Waals surface area contributed by atoms with E-state index >= 15 is 0 Å². The van der Waals surface area contributed by atoms with Crippen LogP contribution in [0.5, 0.6) is 0 Å². The van der Waals surface area contributed by atoms with Crippen molar-refractivity contribution in [1.29, 1.82) is 0 Å². The monoisotopic (exact) mass is 142 g/mol. The van der Waals surface area contributed by atoms with E-state index in [-0.39, 0.29) is 0 Å². The number of urea groups is 1. The number of hydrogen-bond donors (Lipinski definition) is 1. The Morgan fingerprint density at radius 2 is 2.30 bits per heavy atom. The lowest BCUT2D eigenvalue weighted by Crippen LogP contribution is -2.03. The molecule has 0 aromatic carbocycles. The van der Waals surface area contributed by atoms with Crippen molar-refractivity contribution in [2.24, 2.45) is 10.7 Å². The third-order valence-electron chi connectivity index (χ3n) is 1.16. The molecule has 10 heavy (non-hydrogen) atoms. The first-order valence-electron chi connectivity index (χ1n) is 3.59. The lowest BCUT2D eigenvalue weighted by molar-refractivity contribution is 0.257. The largest absolute Gasteiger partial charge is 0.350 e. The molecular formula is C7H14N2O. The van der Waals surface area contributed by atoms with E-state index in [0.717, 1.165) is 12.8 Å². The summed E-state index contributed by atoms with van der Waals surface area (Å²) in [5.74, 6) is 0. The zero-order chi connectivity index (χ0) is 7.82. The maximum absolute atomic E-state index is 10.1. The van der Waals surface area contributed by atoms with Gasteiger partial charge in [0, 0.05) is 6.21 Å². The summed E-state index contributed by atoms with van der Waals surface area (Å²) in [6.07, 6.45) is 5.90. The van der Waals surface area contributed by atoms with Gasteiger partial charge in [0.05, 0.1) is 0 Å². The van der Waals surface area contributed by atoms with Crippen molar-refractivity contribution in [2.45, 2.75) is 32.6 Å². The molecule has 0 aromatic heterocycles. The fourth-order valence-electron chi connectivity index (χ4n) is 0.640. The topological polar surface area (TPSA) is 55.4 Å². The number of unbranched alkanes of at least 4 members (excludes halogenated alkanes) is 3. The molecule has 58 valence electrons. The Labute approximate surface area is 61.3 Å². The minimum atomic E-state index is -0.600. The average molecular weight is 142 g/mol. The van der Waals surface area contributed by atoms with Gasteiger partial charge in [-0.3, -0.25) is 0 Å². The third kappa shape index (κ3) is 7.14. The maximum Gasteiger partial charge on any atom is 0.337 e. The van der Waals surface area contributed by atoms with Gasteiger partial charge >= 0.3 is 6.03 Å². The van der Waals surface area contributed by atoms with Crippen molar-refractivity contribution in [1.82, 2.24) is 0 Å². The Hall–Kier alpha value is -0.860. The van der Waals surface area contributed by atoms with Gasteiger partial charge in [-0.2, -0.15) is 0 Å². The highest BCUT2D eigenvalue weighted by atomic mass is 16.2. The summed E-state index contributed by atoms with van der Waals surface area (Å²) in [5.41, 5.74) is 4.77. The summed E-state index contributed by atoms with van der Waals surface area (Å²) in [4.78, 5) is 13.5. The zero-order valence-corrected chi connectivity index (χ0v) is 6.34. The molecule has 2 amide bonds. The molecule has 0 radical (unpaired) electrons. The van der Waals surface area contributed by atoms with Gasteiger partial charge in [-0.05, 0) is 12.8 Å². The minimum absolute atomic E-state index is 0.600. The molecule has 0 rings (SSSR count). The van der Waals surface area contributed by atoms with E-state index in [1.165, 1.54) is 12.8 Å². The number of rotatable bonds is 4. The molecule has 0 bridgehead atoms. The number of nitrogens with two attached hydrogens (primary N) is 1. The van der Waals surface area contributed by atoms with Gasteiger partial charge in [-0.1, -0.05) is 19.8 Å². The molecule has 0 fully saturated rings. The quantitative estimate of drug-likeness (QED) is 0.471. The Morgan fingerprint density at radius 1 is 1.60 bits per heavy atom. The number of aliphatic imine (C=N–C) groups is 1. The second-order valence-corrected chi connectivity index (χ2v) is 2.15. The molecule has 3 heteroatoms. The van der Waals surface area contributed by atoms with Crippen LogP contribution in [0.4, 0.5) is 4.79 Å². The number of nitrogens with zero attached hydrogens (tertiary/aromatic N) is 1. The minimum Gasteiger partial charge on any atom is -0.350 e. The molecular weight excluding hydrogens is 128 g/mol. The summed E-state index contributed by atoms with van der Waals surface area (Å²) in [7, 11) is 0. The molecule has 0 aromatic rings. The second-order valence-electron chi connectivity index (χ2n) is 2.15. The molecule has 0 aliphatic carbocycles. The van der Waals surface area contributed by atoms with E-state index < -0.39 is 6.03 Å². The number of amides is 2. The first-order chi connectivity index (χ1) is 4.77. The fourth-order valence-corrected chi connectivity index (χ4v) is 0.640. The van der Waals surface area contributed by atoms with E-state index in [4.69, 9.17) is 5.73 Å². The highest BCUT2D eigenvalue weighted by Gasteiger charge is 1.84. The Morgan fingerprint density at radius 3 is 2.80 bits per heavy atom. The molecule has 0 unspecified atom stereocenters. The first-order valence-corrected chi connectivity index (χ1v) is 3.59. The van der Waals surface area contributed by atoms with Crippen LogP contribution < -0.4 is 5.73 Å². The van der Waals surface area contributed by atoms with E-state index in [2.05, 4.69) is 11.9 Å². The van der Waals surface area contributed by atoms with Gasteiger partial charge in [0.15, 0.2) is 0 Å². The van der Waals surface area contributed by atoms with Gasteiger partial charge in [-0.25, -0.2) is 9.79 Å². The number of primary amides is 1. The predicted octanol–water partition coefficient (Wildman–Crippen LogP) is 1.72. The zero-order valence-electron chi connectivity index (χ0n) is 6.34. The van der Waals surface area contributed by atoms with Gasteiger partial charge in [0.2, 0.25) is 0 Å². The van der Waals surface area contributed by atoms with Crippen molar-refractivity contribution >= 4 is 12.2 Å². The Balaban J connectivity index is 3.10. The highest BCUT2D eigenvalue weighted by Crippen LogP contribution is 1.95. The van der Waals surface area contributed by atoms with Crippen LogP contribution in [0.25, 0.3) is 0 Å². The number of carbonyl (C=O) groups excluding carboxylic acids is 1. The lowest BCUT2D eigenvalue weighted by Gasteiger charge is -1.89. The molecule has 0 heterocycles. The van der Waals surface area contributed by atoms with Gasteiger partial charge < -0.3 is 5.73 Å². The van der Waals surface area contributed by atoms with Crippen molar-refractivity contribution in [3.63, 3.8) is 0 Å². The van der Waals surface area contributed by atoms with Gasteiger partial charge in [0.1, 0.15) is 0 Å². The molecule has 0 saturated heterocycles. The molecule has 0 aliphatic rings. The maximum atomic E-state index is 10.1. The van der Waals surface area contributed by atoms with E-state index in [0.29, 0.717) is 0 Å². The van der Waals surface area contributed by atoms with Crippen LogP contribution in [-0.4, -0.2) is 12.2 Å². The van der Waals surface area contributed by atoms with Crippen molar-refractivity contribution in [3.8, 4) is 0 Å². The Bertz CT molecular complexity index is 121. The number of hydrogen-bond acceptors (Lipinski definition) is 1. The van der Waals surface area contributed by atoms with Crippen LogP contribution in [0.1, 0.15) is 32.6 Å². The molecule has 2 N–H and O–H groups in total. The third-order valence-corrected chi connectivity index (χ3v) is 1.16. The van der Waals surface area contributed by atoms with Crippen LogP contribution in [0, 0.1) is 0 Å². The summed E-state index contributed by atoms with van der Waals surface area (Å²) >= 11 is 0. The molecule has 0 saturated carbocycles. The van der Waals surface area contributed by atoms with Crippen molar-refractivity contribution < 1.29 is 4.79 Å². The predicted molar refractivity (Wildman–Crippen MR) is 42.2 cm³/mol. The summed E-state index contributed by atoms with van der Waals surface area (Å²) < 4.78 is 0. The normalized spacial score (nSPS) is 10.5. The average Bonchev–Trinajstić information content (AvgIpc) is 1.87. The molecule has 3 nitrogen and oxygen atoms in total. The lowest BCUT2D eigenvalue weighted by atomic mass is 10.2. The SMILES string of the molecule is CCCCCC=NC(N)=O. The summed E-state index contributed by atoms with van der Waals surface area (Å²) in [6, 6.07) is -0.600. The smallest absolute Gasteiger partial charge is 0.337 e. The van der Waals surface area contributed by atoms with Crippen LogP contribution in [0.2, 0.25) is 0 Å². The molecule has 0 atom stereocenters. The first kappa shape index (κ1) is 9.14. The fraction of sp³-hybridized carbons (Fsp3) is 0.714. The van der Waals surface area contributed by atoms with Crippen LogP contribution in [-0.2, 0) is 0 Å². The van der Waals surface area contributed by atoms with Crippen LogP contribution in [0.3, 0.4) is 0 Å². The van der Waals surface area contributed by atoms with E-state index in [1.54, 1.807) is 6.21 Å². The van der Waals surface area contributed by atoms with Crippen LogP contribution >= 0.6 is 0 Å². The summed E-state index contributed by atoms with van der Waals surface area (Å²) in [6.45, 7) is 2.13. The highest BCUT2D eigenvalue weighted by molar-refractivity contribution is 5.81. The van der Waals surface area contributed by atoms with Crippen molar-refractivity contribution in [3.05, 3.63) is 0 Å². The van der Waals surface area contributed by atoms with Crippen LogP contribution in [0.15, 0.2) is 4.99 Å². The van der Waals surface area contributed by atoms with E-state index in [1.807, 2.05) is 0 Å². The van der Waals surface area contributed by atoms with Gasteiger partial charge in [-0.15, -0.1) is 0 Å². The molecule has 0 aliphatic heterocycles. The van der Waals surface area contributed by atoms with Crippen molar-refractivity contribution in [2.75, 3.05) is 0 Å². The summed E-state index contributed by atoms with van der Waals surface area (Å²) in [5, 5.41) is 0. The van der Waals surface area contributed by atoms with E-state index in [9.17, 15) is 4.79 Å². The number of carbonyl (C=O) groups is 1. The second kappa shape index (κ2) is 6.26. The Kier molecular flexibility index (Phi) is 5.72. The molecule has 0 spiro atoms. The van der Waals surface area contributed by atoms with Gasteiger partial charge in [0.25, 0.3) is 0 Å². The standard InChI is InChI=1S/C7H14N2O/c1-2-3-4-5-6-9-7(8)10/h6H,2-5H2,1H3,(H2,8,10).